The lowest BCUT2D eigenvalue weighted by Crippen LogP contribution is -2.54. The summed E-state index contributed by atoms with van der Waals surface area (Å²) in [7, 11) is 3.42. The zero-order valence-electron chi connectivity index (χ0n) is 16.9. The maximum atomic E-state index is 6.60. The highest BCUT2D eigenvalue weighted by molar-refractivity contribution is 5.85. The van der Waals surface area contributed by atoms with Crippen molar-refractivity contribution in [2.45, 2.75) is 64.0 Å². The normalized spacial score (nSPS) is 27.1. The van der Waals surface area contributed by atoms with E-state index in [2.05, 4.69) is 37.8 Å². The van der Waals surface area contributed by atoms with Gasteiger partial charge in [0.15, 0.2) is 11.5 Å². The molecule has 0 amide bonds. The van der Waals surface area contributed by atoms with Crippen molar-refractivity contribution in [1.29, 1.82) is 0 Å². The Bertz CT molecular complexity index is 620. The van der Waals surface area contributed by atoms with E-state index in [0.29, 0.717) is 12.0 Å². The van der Waals surface area contributed by atoms with Gasteiger partial charge in [0.2, 0.25) is 0 Å². The molecule has 26 heavy (non-hydrogen) atoms. The lowest BCUT2D eigenvalue weighted by atomic mass is 9.71. The smallest absolute Gasteiger partial charge is 0.161 e. The average Bonchev–Trinajstić information content (AvgIpc) is 2.59. The van der Waals surface area contributed by atoms with Gasteiger partial charge in [-0.05, 0) is 42.0 Å². The van der Waals surface area contributed by atoms with Crippen molar-refractivity contribution >= 4 is 12.4 Å². The molecule has 3 rings (SSSR count). The summed E-state index contributed by atoms with van der Waals surface area (Å²) in [5, 5.41) is 0. The Hall–Kier alpha value is -0.970. The molecule has 0 aliphatic carbocycles. The number of halogens is 1. The number of unbranched alkanes of at least 4 members (excludes halogenated alkanes) is 1. The Balaban J connectivity index is 0.00000243. The van der Waals surface area contributed by atoms with E-state index in [1.165, 1.54) is 30.4 Å². The van der Waals surface area contributed by atoms with Crippen LogP contribution < -0.4 is 15.2 Å². The first-order valence-corrected chi connectivity index (χ1v) is 9.67. The van der Waals surface area contributed by atoms with Crippen LogP contribution in [0.15, 0.2) is 12.1 Å². The molecule has 1 saturated heterocycles. The number of benzene rings is 1. The highest BCUT2D eigenvalue weighted by atomic mass is 35.5. The molecule has 1 aromatic rings. The van der Waals surface area contributed by atoms with Crippen LogP contribution in [0.3, 0.4) is 0 Å². The van der Waals surface area contributed by atoms with Gasteiger partial charge in [-0.3, -0.25) is 4.90 Å². The molecule has 148 valence electrons. The van der Waals surface area contributed by atoms with Gasteiger partial charge in [0.25, 0.3) is 0 Å². The maximum Gasteiger partial charge on any atom is 0.161 e. The molecular weight excluding hydrogens is 348 g/mol. The third kappa shape index (κ3) is 3.83. The molecule has 2 heterocycles. The minimum atomic E-state index is 0. The third-order valence-corrected chi connectivity index (χ3v) is 6.18. The first-order chi connectivity index (χ1) is 11.9. The Morgan fingerprint density at radius 2 is 1.85 bits per heavy atom. The summed E-state index contributed by atoms with van der Waals surface area (Å²) >= 11 is 0. The van der Waals surface area contributed by atoms with Crippen molar-refractivity contribution in [2.24, 2.45) is 11.7 Å². The molecule has 2 N–H and O–H groups in total. The fraction of sp³-hybridized carbons (Fsp3) is 0.714. The fourth-order valence-corrected chi connectivity index (χ4v) is 4.78. The van der Waals surface area contributed by atoms with Gasteiger partial charge in [-0.1, -0.05) is 33.6 Å². The fourth-order valence-electron chi connectivity index (χ4n) is 4.78. The number of methoxy groups -OCH3 is 2. The molecule has 4 nitrogen and oxygen atoms in total. The summed E-state index contributed by atoms with van der Waals surface area (Å²) in [5.74, 6) is 2.26. The quantitative estimate of drug-likeness (QED) is 0.824. The van der Waals surface area contributed by atoms with Crippen molar-refractivity contribution in [3.63, 3.8) is 0 Å². The van der Waals surface area contributed by atoms with E-state index in [9.17, 15) is 0 Å². The molecule has 0 radical (unpaired) electrons. The molecule has 3 atom stereocenters. The molecule has 2 aliphatic heterocycles. The van der Waals surface area contributed by atoms with Crippen LogP contribution in [-0.4, -0.2) is 38.3 Å². The van der Waals surface area contributed by atoms with Crippen LogP contribution in [0.1, 0.15) is 63.6 Å². The van der Waals surface area contributed by atoms with E-state index >= 15 is 0 Å². The number of nitrogens with two attached hydrogens (primary N) is 1. The standard InChI is InChI=1S/C21H34N2O2.ClH/c1-6-7-8-14-12-23-13-21(2,3)16-10-20(25-5)19(24-4)9-15(16)18(23)11-17(14)22;/h9-10,14,17-18H,6-8,11-13,22H2,1-5H3;1H/t14-,17-,18-;/m1./s1. The summed E-state index contributed by atoms with van der Waals surface area (Å²) in [5.41, 5.74) is 9.45. The summed E-state index contributed by atoms with van der Waals surface area (Å²) in [4.78, 5) is 2.66. The monoisotopic (exact) mass is 382 g/mol. The highest BCUT2D eigenvalue weighted by Gasteiger charge is 2.43. The largest absolute Gasteiger partial charge is 0.493 e. The molecule has 0 unspecified atom stereocenters. The van der Waals surface area contributed by atoms with Gasteiger partial charge in [0.05, 0.1) is 14.2 Å². The second-order valence-electron chi connectivity index (χ2n) is 8.43. The number of hydrogen-bond acceptors (Lipinski definition) is 4. The SMILES string of the molecule is CCCC[C@@H]1CN2CC(C)(C)c3cc(OC)c(OC)cc3[C@H]2C[C@H]1N.Cl. The van der Waals surface area contributed by atoms with Crippen molar-refractivity contribution in [1.82, 2.24) is 4.90 Å². The summed E-state index contributed by atoms with van der Waals surface area (Å²) in [6.45, 7) is 9.13. The minimum absolute atomic E-state index is 0. The van der Waals surface area contributed by atoms with Gasteiger partial charge >= 0.3 is 0 Å². The number of rotatable bonds is 5. The van der Waals surface area contributed by atoms with E-state index in [4.69, 9.17) is 15.2 Å². The lowest BCUT2D eigenvalue weighted by Gasteiger charge is -2.51. The zero-order valence-corrected chi connectivity index (χ0v) is 17.7. The van der Waals surface area contributed by atoms with Crippen LogP contribution in [0, 0.1) is 5.92 Å². The molecule has 1 fully saturated rings. The zero-order chi connectivity index (χ0) is 18.2. The number of nitrogens with zero attached hydrogens (tertiary/aromatic N) is 1. The minimum Gasteiger partial charge on any atom is -0.493 e. The van der Waals surface area contributed by atoms with Crippen molar-refractivity contribution in [2.75, 3.05) is 27.3 Å². The van der Waals surface area contributed by atoms with E-state index in [0.717, 1.165) is 31.0 Å². The van der Waals surface area contributed by atoms with Crippen molar-refractivity contribution in [3.05, 3.63) is 23.3 Å². The van der Waals surface area contributed by atoms with Crippen LogP contribution in [0.5, 0.6) is 11.5 Å². The lowest BCUT2D eigenvalue weighted by molar-refractivity contribution is 0.0540. The Kier molecular flexibility index (Phi) is 6.86. The van der Waals surface area contributed by atoms with Crippen LogP contribution in [0.4, 0.5) is 0 Å². The second-order valence-corrected chi connectivity index (χ2v) is 8.43. The first-order valence-electron chi connectivity index (χ1n) is 9.67. The number of ether oxygens (including phenoxy) is 2. The second kappa shape index (κ2) is 8.37. The molecule has 5 heteroatoms. The van der Waals surface area contributed by atoms with E-state index in [1.54, 1.807) is 14.2 Å². The molecule has 0 spiro atoms. The Labute approximate surface area is 164 Å². The average molecular weight is 383 g/mol. The predicted molar refractivity (Wildman–Crippen MR) is 110 cm³/mol. The summed E-state index contributed by atoms with van der Waals surface area (Å²) in [6.07, 6.45) is 4.81. The van der Waals surface area contributed by atoms with E-state index in [-0.39, 0.29) is 23.9 Å². The number of piperidine rings is 1. The van der Waals surface area contributed by atoms with Crippen molar-refractivity contribution in [3.8, 4) is 11.5 Å². The van der Waals surface area contributed by atoms with E-state index in [1.807, 2.05) is 0 Å². The summed E-state index contributed by atoms with van der Waals surface area (Å²) in [6, 6.07) is 5.05. The molecule has 1 aromatic carbocycles. The molecule has 0 aromatic heterocycles. The van der Waals surface area contributed by atoms with Crippen LogP contribution in [0.25, 0.3) is 0 Å². The van der Waals surface area contributed by atoms with Gasteiger partial charge in [0, 0.05) is 30.6 Å². The van der Waals surface area contributed by atoms with Gasteiger partial charge < -0.3 is 15.2 Å². The van der Waals surface area contributed by atoms with Gasteiger partial charge in [0.1, 0.15) is 0 Å². The van der Waals surface area contributed by atoms with Gasteiger partial charge in [-0.15, -0.1) is 12.4 Å². The van der Waals surface area contributed by atoms with Gasteiger partial charge in [-0.25, -0.2) is 0 Å². The number of hydrogen-bond donors (Lipinski definition) is 1. The Morgan fingerprint density at radius 1 is 1.19 bits per heavy atom. The van der Waals surface area contributed by atoms with E-state index < -0.39 is 0 Å². The molecular formula is C21H35ClN2O2. The topological polar surface area (TPSA) is 47.7 Å². The van der Waals surface area contributed by atoms with Crippen LogP contribution in [-0.2, 0) is 5.41 Å². The predicted octanol–water partition coefficient (Wildman–Crippen LogP) is 4.30. The third-order valence-electron chi connectivity index (χ3n) is 6.18. The van der Waals surface area contributed by atoms with Gasteiger partial charge in [-0.2, -0.15) is 0 Å². The summed E-state index contributed by atoms with van der Waals surface area (Å²) < 4.78 is 11.1. The highest BCUT2D eigenvalue weighted by Crippen LogP contribution is 2.48. The maximum absolute atomic E-state index is 6.60. The molecule has 2 aliphatic rings. The van der Waals surface area contributed by atoms with Crippen LogP contribution in [0.2, 0.25) is 0 Å². The number of fused-ring (bicyclic) bond motifs is 3. The van der Waals surface area contributed by atoms with Crippen molar-refractivity contribution < 1.29 is 9.47 Å². The van der Waals surface area contributed by atoms with Crippen LogP contribution >= 0.6 is 12.4 Å². The molecule has 0 bridgehead atoms. The molecule has 0 saturated carbocycles. The Morgan fingerprint density at radius 3 is 2.46 bits per heavy atom. The first kappa shape index (κ1) is 21.3.